The fourth-order valence-corrected chi connectivity index (χ4v) is 2.87. The van der Waals surface area contributed by atoms with Crippen LogP contribution in [0.2, 0.25) is 0 Å². The standard InChI is InChI=1S/C17H26N2O/c1-14(8-9-16-6-4-3-5-7-16)18-17-10-12-19(13-11-17)15(2)20/h3-7,14,17-18H,8-13H2,1-2H3. The summed E-state index contributed by atoms with van der Waals surface area (Å²) in [5.41, 5.74) is 1.41. The Morgan fingerprint density at radius 3 is 2.55 bits per heavy atom. The molecule has 0 bridgehead atoms. The first-order valence-corrected chi connectivity index (χ1v) is 7.70. The van der Waals surface area contributed by atoms with Gasteiger partial charge in [-0.1, -0.05) is 30.3 Å². The van der Waals surface area contributed by atoms with Gasteiger partial charge in [-0.25, -0.2) is 0 Å². The minimum Gasteiger partial charge on any atom is -0.343 e. The summed E-state index contributed by atoms with van der Waals surface area (Å²) < 4.78 is 0. The van der Waals surface area contributed by atoms with E-state index in [9.17, 15) is 4.79 Å². The van der Waals surface area contributed by atoms with Crippen LogP contribution in [0, 0.1) is 0 Å². The molecule has 1 atom stereocenters. The Morgan fingerprint density at radius 1 is 1.30 bits per heavy atom. The van der Waals surface area contributed by atoms with Crippen LogP contribution in [0.3, 0.4) is 0 Å². The molecular weight excluding hydrogens is 248 g/mol. The summed E-state index contributed by atoms with van der Waals surface area (Å²) in [4.78, 5) is 13.2. The van der Waals surface area contributed by atoms with E-state index < -0.39 is 0 Å². The van der Waals surface area contributed by atoms with E-state index in [-0.39, 0.29) is 5.91 Å². The minimum atomic E-state index is 0.209. The molecule has 1 unspecified atom stereocenters. The molecule has 3 heteroatoms. The molecular formula is C17H26N2O. The number of piperidine rings is 1. The summed E-state index contributed by atoms with van der Waals surface area (Å²) in [7, 11) is 0. The van der Waals surface area contributed by atoms with Crippen molar-refractivity contribution in [2.45, 2.75) is 51.6 Å². The topological polar surface area (TPSA) is 32.3 Å². The van der Waals surface area contributed by atoms with Gasteiger partial charge in [0.05, 0.1) is 0 Å². The first kappa shape index (κ1) is 15.0. The van der Waals surface area contributed by atoms with E-state index in [0.717, 1.165) is 38.8 Å². The van der Waals surface area contributed by atoms with Gasteiger partial charge in [-0.05, 0) is 38.2 Å². The monoisotopic (exact) mass is 274 g/mol. The maximum Gasteiger partial charge on any atom is 0.219 e. The summed E-state index contributed by atoms with van der Waals surface area (Å²) in [5.74, 6) is 0.209. The Balaban J connectivity index is 1.68. The Bertz CT molecular complexity index is 410. The highest BCUT2D eigenvalue weighted by molar-refractivity contribution is 5.73. The molecule has 1 aromatic rings. The first-order valence-electron chi connectivity index (χ1n) is 7.70. The Labute approximate surface area is 122 Å². The third kappa shape index (κ3) is 4.64. The van der Waals surface area contributed by atoms with Crippen molar-refractivity contribution in [3.63, 3.8) is 0 Å². The molecule has 110 valence electrons. The van der Waals surface area contributed by atoms with Gasteiger partial charge in [0.15, 0.2) is 0 Å². The number of likely N-dealkylation sites (tertiary alicyclic amines) is 1. The van der Waals surface area contributed by atoms with E-state index in [2.05, 4.69) is 42.6 Å². The van der Waals surface area contributed by atoms with E-state index in [1.54, 1.807) is 6.92 Å². The van der Waals surface area contributed by atoms with E-state index in [1.165, 1.54) is 5.56 Å². The highest BCUT2D eigenvalue weighted by atomic mass is 16.2. The van der Waals surface area contributed by atoms with Gasteiger partial charge >= 0.3 is 0 Å². The molecule has 2 rings (SSSR count). The van der Waals surface area contributed by atoms with E-state index in [1.807, 2.05) is 4.90 Å². The molecule has 0 aromatic heterocycles. The number of amides is 1. The zero-order valence-corrected chi connectivity index (χ0v) is 12.6. The largest absolute Gasteiger partial charge is 0.343 e. The summed E-state index contributed by atoms with van der Waals surface area (Å²) >= 11 is 0. The van der Waals surface area contributed by atoms with Crippen LogP contribution in [0.5, 0.6) is 0 Å². The van der Waals surface area contributed by atoms with Crippen molar-refractivity contribution in [1.29, 1.82) is 0 Å². The normalized spacial score (nSPS) is 18.0. The lowest BCUT2D eigenvalue weighted by atomic mass is 10.0. The number of rotatable bonds is 5. The minimum absolute atomic E-state index is 0.209. The van der Waals surface area contributed by atoms with Crippen LogP contribution in [0.25, 0.3) is 0 Å². The molecule has 1 heterocycles. The summed E-state index contributed by atoms with van der Waals surface area (Å²) in [6.45, 7) is 5.73. The second-order valence-electron chi connectivity index (χ2n) is 5.87. The maximum absolute atomic E-state index is 11.3. The molecule has 1 amide bonds. The van der Waals surface area contributed by atoms with Gasteiger partial charge in [0, 0.05) is 32.1 Å². The average Bonchev–Trinajstić information content (AvgIpc) is 2.47. The molecule has 0 aliphatic carbocycles. The van der Waals surface area contributed by atoms with Crippen LogP contribution in [-0.4, -0.2) is 36.0 Å². The lowest BCUT2D eigenvalue weighted by Crippen LogP contribution is -2.46. The Morgan fingerprint density at radius 2 is 1.95 bits per heavy atom. The summed E-state index contributed by atoms with van der Waals surface area (Å²) in [6.07, 6.45) is 4.45. The number of carbonyl (C=O) groups excluding carboxylic acids is 1. The van der Waals surface area contributed by atoms with Gasteiger partial charge in [-0.2, -0.15) is 0 Å². The smallest absolute Gasteiger partial charge is 0.219 e. The van der Waals surface area contributed by atoms with Gasteiger partial charge in [-0.15, -0.1) is 0 Å². The molecule has 0 radical (unpaired) electrons. The van der Waals surface area contributed by atoms with Crippen LogP contribution in [-0.2, 0) is 11.2 Å². The van der Waals surface area contributed by atoms with Gasteiger partial charge in [0.2, 0.25) is 5.91 Å². The fraction of sp³-hybridized carbons (Fsp3) is 0.588. The summed E-state index contributed by atoms with van der Waals surface area (Å²) in [5, 5.41) is 3.71. The molecule has 1 aromatic carbocycles. The second-order valence-corrected chi connectivity index (χ2v) is 5.87. The average molecular weight is 274 g/mol. The molecule has 1 aliphatic heterocycles. The van der Waals surface area contributed by atoms with Crippen LogP contribution in [0.15, 0.2) is 30.3 Å². The predicted molar refractivity (Wildman–Crippen MR) is 82.6 cm³/mol. The Hall–Kier alpha value is -1.35. The molecule has 3 nitrogen and oxygen atoms in total. The van der Waals surface area contributed by atoms with Crippen LogP contribution >= 0.6 is 0 Å². The van der Waals surface area contributed by atoms with Crippen LogP contribution < -0.4 is 5.32 Å². The van der Waals surface area contributed by atoms with E-state index in [0.29, 0.717) is 12.1 Å². The van der Waals surface area contributed by atoms with Gasteiger partial charge in [0.25, 0.3) is 0 Å². The fourth-order valence-electron chi connectivity index (χ4n) is 2.87. The molecule has 1 saturated heterocycles. The number of nitrogens with zero attached hydrogens (tertiary/aromatic N) is 1. The third-order valence-corrected chi connectivity index (χ3v) is 4.17. The highest BCUT2D eigenvalue weighted by Gasteiger charge is 2.21. The molecule has 0 spiro atoms. The molecule has 0 saturated carbocycles. The quantitative estimate of drug-likeness (QED) is 0.895. The van der Waals surface area contributed by atoms with Crippen molar-refractivity contribution < 1.29 is 4.79 Å². The zero-order valence-electron chi connectivity index (χ0n) is 12.6. The zero-order chi connectivity index (χ0) is 14.4. The lowest BCUT2D eigenvalue weighted by molar-refractivity contribution is -0.129. The van der Waals surface area contributed by atoms with Crippen molar-refractivity contribution in [3.05, 3.63) is 35.9 Å². The van der Waals surface area contributed by atoms with Crippen molar-refractivity contribution >= 4 is 5.91 Å². The molecule has 1 fully saturated rings. The first-order chi connectivity index (χ1) is 9.65. The number of benzene rings is 1. The number of aryl methyl sites for hydroxylation is 1. The van der Waals surface area contributed by atoms with Crippen LogP contribution in [0.1, 0.15) is 38.7 Å². The van der Waals surface area contributed by atoms with Gasteiger partial charge < -0.3 is 10.2 Å². The number of hydrogen-bond donors (Lipinski definition) is 1. The van der Waals surface area contributed by atoms with Crippen molar-refractivity contribution in [2.75, 3.05) is 13.1 Å². The number of carbonyl (C=O) groups is 1. The predicted octanol–water partition coefficient (Wildman–Crippen LogP) is 2.61. The Kier molecular flexibility index (Phi) is 5.60. The molecule has 20 heavy (non-hydrogen) atoms. The highest BCUT2D eigenvalue weighted by Crippen LogP contribution is 2.12. The van der Waals surface area contributed by atoms with Crippen molar-refractivity contribution in [2.24, 2.45) is 0 Å². The van der Waals surface area contributed by atoms with E-state index in [4.69, 9.17) is 0 Å². The SMILES string of the molecule is CC(=O)N1CCC(NC(C)CCc2ccccc2)CC1. The van der Waals surface area contributed by atoms with Gasteiger partial charge in [-0.3, -0.25) is 4.79 Å². The third-order valence-electron chi connectivity index (χ3n) is 4.17. The van der Waals surface area contributed by atoms with Crippen molar-refractivity contribution in [3.8, 4) is 0 Å². The molecule has 1 aliphatic rings. The lowest BCUT2D eigenvalue weighted by Gasteiger charge is -2.33. The maximum atomic E-state index is 11.3. The number of hydrogen-bond acceptors (Lipinski definition) is 2. The summed E-state index contributed by atoms with van der Waals surface area (Å²) in [6, 6.07) is 11.8. The van der Waals surface area contributed by atoms with Crippen LogP contribution in [0.4, 0.5) is 0 Å². The number of nitrogens with one attached hydrogen (secondary N) is 1. The van der Waals surface area contributed by atoms with Crippen molar-refractivity contribution in [1.82, 2.24) is 10.2 Å². The second kappa shape index (κ2) is 7.44. The van der Waals surface area contributed by atoms with Gasteiger partial charge in [0.1, 0.15) is 0 Å². The molecule has 1 N–H and O–H groups in total. The van der Waals surface area contributed by atoms with E-state index >= 15 is 0 Å².